The van der Waals surface area contributed by atoms with E-state index >= 15 is 0 Å². The molecular formula is C21H32. The average molecular weight is 284 g/mol. The Bertz CT molecular complexity index is 478. The molecule has 0 aliphatic heterocycles. The Morgan fingerprint density at radius 2 is 1.95 bits per heavy atom. The van der Waals surface area contributed by atoms with Crippen LogP contribution in [0.25, 0.3) is 0 Å². The van der Waals surface area contributed by atoms with Crippen molar-refractivity contribution in [1.82, 2.24) is 0 Å². The van der Waals surface area contributed by atoms with Crippen molar-refractivity contribution in [2.45, 2.75) is 66.7 Å². The summed E-state index contributed by atoms with van der Waals surface area (Å²) in [7, 11) is 0. The van der Waals surface area contributed by atoms with Gasteiger partial charge < -0.3 is 0 Å². The second-order valence-electron chi connectivity index (χ2n) is 7.01. The van der Waals surface area contributed by atoms with Crippen LogP contribution >= 0.6 is 0 Å². The minimum Gasteiger partial charge on any atom is -0.0991 e. The van der Waals surface area contributed by atoms with Gasteiger partial charge in [0, 0.05) is 0 Å². The molecule has 0 spiro atoms. The number of rotatable bonds is 6. The van der Waals surface area contributed by atoms with E-state index in [-0.39, 0.29) is 0 Å². The molecule has 0 unspecified atom stereocenters. The molecule has 21 heavy (non-hydrogen) atoms. The Labute approximate surface area is 132 Å². The fraction of sp³-hybridized carbons (Fsp3) is 0.524. The second-order valence-corrected chi connectivity index (χ2v) is 7.01. The third-order valence-corrected chi connectivity index (χ3v) is 4.58. The molecule has 0 fully saturated rings. The molecule has 0 N–H and O–H groups in total. The van der Waals surface area contributed by atoms with Crippen molar-refractivity contribution in [2.75, 3.05) is 0 Å². The molecule has 0 radical (unpaired) electrons. The molecule has 0 aromatic rings. The Balaban J connectivity index is 2.62. The van der Waals surface area contributed by atoms with Gasteiger partial charge in [0.05, 0.1) is 0 Å². The molecule has 0 aromatic heterocycles. The maximum atomic E-state index is 3.71. The number of hydrogen-bond acceptors (Lipinski definition) is 0. The first kappa shape index (κ1) is 17.8. The van der Waals surface area contributed by atoms with Gasteiger partial charge in [-0.1, -0.05) is 73.1 Å². The molecule has 0 aromatic carbocycles. The normalized spacial score (nSPS) is 20.2. The third kappa shape index (κ3) is 5.91. The zero-order valence-electron chi connectivity index (χ0n) is 14.6. The molecule has 0 amide bonds. The van der Waals surface area contributed by atoms with E-state index in [4.69, 9.17) is 0 Å². The molecule has 116 valence electrons. The maximum Gasteiger partial charge on any atom is -0.0142 e. The van der Waals surface area contributed by atoms with Crippen LogP contribution in [0, 0.1) is 5.41 Å². The molecule has 1 aliphatic carbocycles. The first-order valence-corrected chi connectivity index (χ1v) is 8.19. The monoisotopic (exact) mass is 284 g/mol. The Morgan fingerprint density at radius 3 is 2.57 bits per heavy atom. The molecule has 1 rings (SSSR count). The van der Waals surface area contributed by atoms with Crippen molar-refractivity contribution in [3.63, 3.8) is 0 Å². The van der Waals surface area contributed by atoms with Gasteiger partial charge in [-0.15, -0.1) is 0 Å². The van der Waals surface area contributed by atoms with Gasteiger partial charge in [-0.25, -0.2) is 0 Å². The van der Waals surface area contributed by atoms with E-state index in [2.05, 4.69) is 59.4 Å². The maximum absolute atomic E-state index is 3.71. The van der Waals surface area contributed by atoms with Crippen molar-refractivity contribution in [1.29, 1.82) is 0 Å². The summed E-state index contributed by atoms with van der Waals surface area (Å²) in [4.78, 5) is 0. The molecule has 0 saturated heterocycles. The van der Waals surface area contributed by atoms with Crippen molar-refractivity contribution in [3.05, 3.63) is 59.3 Å². The fourth-order valence-corrected chi connectivity index (χ4v) is 3.24. The summed E-state index contributed by atoms with van der Waals surface area (Å²) in [5, 5.41) is 0. The van der Waals surface area contributed by atoms with Crippen molar-refractivity contribution in [3.8, 4) is 0 Å². The third-order valence-electron chi connectivity index (χ3n) is 4.58. The van der Waals surface area contributed by atoms with Crippen LogP contribution in [-0.4, -0.2) is 0 Å². The largest absolute Gasteiger partial charge is 0.0991 e. The van der Waals surface area contributed by atoms with Crippen molar-refractivity contribution in [2.24, 2.45) is 5.41 Å². The van der Waals surface area contributed by atoms with Crippen LogP contribution in [0.2, 0.25) is 0 Å². The summed E-state index contributed by atoms with van der Waals surface area (Å²) in [5.74, 6) is 0. The minimum atomic E-state index is 0.405. The molecular weight excluding hydrogens is 252 g/mol. The Kier molecular flexibility index (Phi) is 6.95. The highest BCUT2D eigenvalue weighted by Crippen LogP contribution is 2.42. The van der Waals surface area contributed by atoms with Gasteiger partial charge in [-0.2, -0.15) is 0 Å². The average Bonchev–Trinajstić information content (AvgIpc) is 2.37. The van der Waals surface area contributed by atoms with Gasteiger partial charge in [-0.3, -0.25) is 0 Å². The van der Waals surface area contributed by atoms with Crippen LogP contribution < -0.4 is 0 Å². The molecule has 1 aliphatic rings. The molecule has 0 heterocycles. The van der Waals surface area contributed by atoms with Crippen LogP contribution in [0.5, 0.6) is 0 Å². The number of allylic oxidation sites excluding steroid dienone is 9. The van der Waals surface area contributed by atoms with Gasteiger partial charge >= 0.3 is 0 Å². The van der Waals surface area contributed by atoms with E-state index in [1.807, 2.05) is 12.2 Å². The lowest BCUT2D eigenvalue weighted by Gasteiger charge is -2.34. The first-order valence-electron chi connectivity index (χ1n) is 8.19. The van der Waals surface area contributed by atoms with Gasteiger partial charge in [0.2, 0.25) is 0 Å². The topological polar surface area (TPSA) is 0 Å². The van der Waals surface area contributed by atoms with Gasteiger partial charge in [0.15, 0.2) is 0 Å². The van der Waals surface area contributed by atoms with E-state index in [1.165, 1.54) is 43.3 Å². The van der Waals surface area contributed by atoms with Gasteiger partial charge in [0.25, 0.3) is 0 Å². The predicted octanol–water partition coefficient (Wildman–Crippen LogP) is 6.93. The van der Waals surface area contributed by atoms with E-state index in [9.17, 15) is 0 Å². The molecule has 0 atom stereocenters. The van der Waals surface area contributed by atoms with E-state index in [0.29, 0.717) is 5.41 Å². The summed E-state index contributed by atoms with van der Waals surface area (Å²) in [5.41, 5.74) is 6.44. The van der Waals surface area contributed by atoms with Crippen molar-refractivity contribution < 1.29 is 0 Å². The highest BCUT2D eigenvalue weighted by Gasteiger charge is 2.27. The van der Waals surface area contributed by atoms with Gasteiger partial charge in [-0.05, 0) is 58.3 Å². The summed E-state index contributed by atoms with van der Waals surface area (Å²) in [6, 6.07) is 0. The van der Waals surface area contributed by atoms with Crippen molar-refractivity contribution >= 4 is 0 Å². The van der Waals surface area contributed by atoms with E-state index in [0.717, 1.165) is 0 Å². The quantitative estimate of drug-likeness (QED) is 0.366. The highest BCUT2D eigenvalue weighted by atomic mass is 14.3. The lowest BCUT2D eigenvalue weighted by molar-refractivity contribution is 0.354. The lowest BCUT2D eigenvalue weighted by Crippen LogP contribution is -2.20. The summed E-state index contributed by atoms with van der Waals surface area (Å²) in [6.07, 6.45) is 16.8. The van der Waals surface area contributed by atoms with Crippen LogP contribution in [0.15, 0.2) is 59.3 Å². The van der Waals surface area contributed by atoms with Crippen LogP contribution in [0.1, 0.15) is 66.7 Å². The zero-order valence-corrected chi connectivity index (χ0v) is 14.6. The van der Waals surface area contributed by atoms with Crippen LogP contribution in [-0.2, 0) is 0 Å². The fourth-order valence-electron chi connectivity index (χ4n) is 3.24. The molecule has 0 heteroatoms. The zero-order chi connectivity index (χ0) is 15.9. The molecule has 0 nitrogen and oxygen atoms in total. The lowest BCUT2D eigenvalue weighted by atomic mass is 9.71. The first-order chi connectivity index (χ1) is 9.86. The Morgan fingerprint density at radius 1 is 1.24 bits per heavy atom. The van der Waals surface area contributed by atoms with Crippen LogP contribution in [0.3, 0.4) is 0 Å². The SMILES string of the molecule is C=C/C=C(C)/C=C\C=C(/C)CCC1=C(C)CCCC1(C)C. The van der Waals surface area contributed by atoms with E-state index < -0.39 is 0 Å². The summed E-state index contributed by atoms with van der Waals surface area (Å²) >= 11 is 0. The van der Waals surface area contributed by atoms with E-state index in [1.54, 1.807) is 11.1 Å². The summed E-state index contributed by atoms with van der Waals surface area (Å²) < 4.78 is 0. The highest BCUT2D eigenvalue weighted by molar-refractivity contribution is 5.26. The predicted molar refractivity (Wildman–Crippen MR) is 96.4 cm³/mol. The molecule has 0 bridgehead atoms. The Hall–Kier alpha value is -1.30. The standard InChI is InChI=1S/C21H32/c1-7-10-17(2)11-8-12-18(3)14-15-20-19(4)13-9-16-21(20,5)6/h7-8,10-12H,1,9,13-16H2,2-6H3/b11-8-,17-10+,18-12+. The number of hydrogen-bond donors (Lipinski definition) is 0. The minimum absolute atomic E-state index is 0.405. The second kappa shape index (κ2) is 8.22. The molecule has 0 saturated carbocycles. The van der Waals surface area contributed by atoms with Gasteiger partial charge in [0.1, 0.15) is 0 Å². The van der Waals surface area contributed by atoms with Crippen LogP contribution in [0.4, 0.5) is 0 Å². The summed E-state index contributed by atoms with van der Waals surface area (Å²) in [6.45, 7) is 15.2. The smallest absolute Gasteiger partial charge is 0.0142 e.